The van der Waals surface area contributed by atoms with Crippen molar-refractivity contribution in [2.75, 3.05) is 18.0 Å². The fourth-order valence-electron chi connectivity index (χ4n) is 3.31. The number of sulfone groups is 1. The molecule has 0 aliphatic carbocycles. The van der Waals surface area contributed by atoms with Crippen molar-refractivity contribution in [2.45, 2.75) is 44.1 Å². The molecule has 1 heterocycles. The third kappa shape index (κ3) is 5.54. The van der Waals surface area contributed by atoms with Crippen LogP contribution in [0.3, 0.4) is 0 Å². The van der Waals surface area contributed by atoms with Crippen LogP contribution in [0, 0.1) is 0 Å². The molecule has 2 aromatic carbocycles. The van der Waals surface area contributed by atoms with Crippen molar-refractivity contribution in [2.24, 2.45) is 0 Å². The lowest BCUT2D eigenvalue weighted by molar-refractivity contribution is -0.119. The van der Waals surface area contributed by atoms with Crippen molar-refractivity contribution in [3.05, 3.63) is 65.2 Å². The van der Waals surface area contributed by atoms with Gasteiger partial charge in [-0.1, -0.05) is 36.4 Å². The zero-order valence-electron chi connectivity index (χ0n) is 16.9. The van der Waals surface area contributed by atoms with E-state index in [0.717, 1.165) is 24.3 Å². The van der Waals surface area contributed by atoms with Gasteiger partial charge in [0.1, 0.15) is 5.78 Å². The summed E-state index contributed by atoms with van der Waals surface area (Å²) in [4.78, 5) is 26.1. The zero-order chi connectivity index (χ0) is 21.0. The first-order chi connectivity index (χ1) is 13.7. The lowest BCUT2D eigenvalue weighted by Crippen LogP contribution is -2.33. The van der Waals surface area contributed by atoms with E-state index in [1.807, 2.05) is 24.3 Å². The molecule has 1 saturated heterocycles. The summed E-state index contributed by atoms with van der Waals surface area (Å²) in [5, 5.41) is -0.419. The van der Waals surface area contributed by atoms with E-state index in [1.165, 1.54) is 0 Å². The quantitative estimate of drug-likeness (QED) is 0.649. The van der Waals surface area contributed by atoms with E-state index in [-0.39, 0.29) is 11.5 Å². The Kier molecular flexibility index (Phi) is 6.52. The van der Waals surface area contributed by atoms with Gasteiger partial charge in [0, 0.05) is 43.6 Å². The molecule has 0 unspecified atom stereocenters. The van der Waals surface area contributed by atoms with Gasteiger partial charge >= 0.3 is 0 Å². The Morgan fingerprint density at radius 1 is 0.931 bits per heavy atom. The first kappa shape index (κ1) is 21.2. The minimum Gasteiger partial charge on any atom is -0.371 e. The Morgan fingerprint density at radius 3 is 2.03 bits per heavy atom. The molecule has 5 nitrogen and oxygen atoms in total. The van der Waals surface area contributed by atoms with Crippen LogP contribution >= 0.6 is 0 Å². The number of piperidine rings is 1. The number of anilines is 1. The topological polar surface area (TPSA) is 71.5 Å². The smallest absolute Gasteiger partial charge is 0.167 e. The number of Topliss-reactive ketones (excluding diaryl/α,β-unsaturated/α-hetero) is 2. The van der Waals surface area contributed by atoms with Crippen LogP contribution in [0.2, 0.25) is 0 Å². The first-order valence-electron chi connectivity index (χ1n) is 9.94. The van der Waals surface area contributed by atoms with Crippen LogP contribution in [-0.2, 0) is 26.8 Å². The summed E-state index contributed by atoms with van der Waals surface area (Å²) < 4.78 is 24.1. The van der Waals surface area contributed by atoms with Gasteiger partial charge in [-0.2, -0.15) is 0 Å². The number of ketones is 2. The zero-order valence-corrected chi connectivity index (χ0v) is 17.7. The average Bonchev–Trinajstić information content (AvgIpc) is 2.69. The maximum Gasteiger partial charge on any atom is 0.167 e. The van der Waals surface area contributed by atoms with Gasteiger partial charge < -0.3 is 4.90 Å². The SMILES string of the molecule is CC(C)S(=O)(=O)Cc1ccc(C(=O)Cc2ccc(N3CCC(=O)CC3)cc2)cc1. The van der Waals surface area contributed by atoms with E-state index in [2.05, 4.69) is 4.90 Å². The van der Waals surface area contributed by atoms with Crippen LogP contribution in [-0.4, -0.2) is 38.3 Å². The molecule has 6 heteroatoms. The standard InChI is InChI=1S/C23H27NO4S/c1-17(2)29(27,28)16-19-3-7-20(8-4-19)23(26)15-18-5-9-21(10-6-18)24-13-11-22(25)12-14-24/h3-10,17H,11-16H2,1-2H3. The highest BCUT2D eigenvalue weighted by atomic mass is 32.2. The van der Waals surface area contributed by atoms with Crippen molar-refractivity contribution in [1.82, 2.24) is 0 Å². The molecule has 0 spiro atoms. The summed E-state index contributed by atoms with van der Waals surface area (Å²) in [7, 11) is -3.16. The maximum atomic E-state index is 12.6. The largest absolute Gasteiger partial charge is 0.371 e. The second-order valence-electron chi connectivity index (χ2n) is 7.84. The average molecular weight is 414 g/mol. The summed E-state index contributed by atoms with van der Waals surface area (Å²) in [6.45, 7) is 4.83. The fourth-order valence-corrected chi connectivity index (χ4v) is 4.30. The molecule has 2 aromatic rings. The molecule has 1 aliphatic heterocycles. The normalized spacial score (nSPS) is 15.0. The Balaban J connectivity index is 1.60. The molecular formula is C23H27NO4S. The molecule has 0 bridgehead atoms. The van der Waals surface area contributed by atoms with Crippen molar-refractivity contribution >= 4 is 27.1 Å². The van der Waals surface area contributed by atoms with E-state index < -0.39 is 15.1 Å². The van der Waals surface area contributed by atoms with Gasteiger partial charge in [-0.05, 0) is 37.1 Å². The summed E-state index contributed by atoms with van der Waals surface area (Å²) in [6, 6.07) is 14.7. The number of hydrogen-bond donors (Lipinski definition) is 0. The third-order valence-electron chi connectivity index (χ3n) is 5.35. The Bertz CT molecular complexity index is 967. The predicted molar refractivity (Wildman–Crippen MR) is 115 cm³/mol. The highest BCUT2D eigenvalue weighted by molar-refractivity contribution is 7.91. The summed E-state index contributed by atoms with van der Waals surface area (Å²) in [5.41, 5.74) is 3.27. The monoisotopic (exact) mass is 413 g/mol. The van der Waals surface area contributed by atoms with Gasteiger partial charge in [-0.25, -0.2) is 8.42 Å². The Labute approximate surface area is 172 Å². The number of carbonyl (C=O) groups is 2. The number of rotatable bonds is 7. The van der Waals surface area contributed by atoms with Crippen LogP contribution in [0.4, 0.5) is 5.69 Å². The van der Waals surface area contributed by atoms with Crippen LogP contribution < -0.4 is 4.90 Å². The molecular weight excluding hydrogens is 386 g/mol. The van der Waals surface area contributed by atoms with Crippen LogP contribution in [0.1, 0.15) is 48.2 Å². The van der Waals surface area contributed by atoms with E-state index in [1.54, 1.807) is 38.1 Å². The summed E-state index contributed by atoms with van der Waals surface area (Å²) in [5.74, 6) is 0.304. The minimum absolute atomic E-state index is 0.000383. The van der Waals surface area contributed by atoms with Crippen LogP contribution in [0.15, 0.2) is 48.5 Å². The van der Waals surface area contributed by atoms with Gasteiger partial charge in [-0.3, -0.25) is 9.59 Å². The van der Waals surface area contributed by atoms with Gasteiger partial charge in [0.25, 0.3) is 0 Å². The highest BCUT2D eigenvalue weighted by Crippen LogP contribution is 2.20. The molecule has 1 fully saturated rings. The van der Waals surface area contributed by atoms with Crippen LogP contribution in [0.5, 0.6) is 0 Å². The Morgan fingerprint density at radius 2 is 1.48 bits per heavy atom. The molecule has 154 valence electrons. The molecule has 0 N–H and O–H groups in total. The van der Waals surface area contributed by atoms with Gasteiger partial charge in [0.15, 0.2) is 15.6 Å². The molecule has 1 aliphatic rings. The lowest BCUT2D eigenvalue weighted by atomic mass is 10.0. The van der Waals surface area contributed by atoms with Crippen molar-refractivity contribution in [3.63, 3.8) is 0 Å². The van der Waals surface area contributed by atoms with Gasteiger partial charge in [-0.15, -0.1) is 0 Å². The van der Waals surface area contributed by atoms with E-state index in [4.69, 9.17) is 0 Å². The van der Waals surface area contributed by atoms with Crippen LogP contribution in [0.25, 0.3) is 0 Å². The third-order valence-corrected chi connectivity index (χ3v) is 7.52. The molecule has 0 radical (unpaired) electrons. The van der Waals surface area contributed by atoms with Crippen molar-refractivity contribution in [1.29, 1.82) is 0 Å². The summed E-state index contributed by atoms with van der Waals surface area (Å²) >= 11 is 0. The van der Waals surface area contributed by atoms with Crippen molar-refractivity contribution in [3.8, 4) is 0 Å². The minimum atomic E-state index is -3.16. The molecule has 3 rings (SSSR count). The van der Waals surface area contributed by atoms with Gasteiger partial charge in [0.2, 0.25) is 0 Å². The number of benzene rings is 2. The maximum absolute atomic E-state index is 12.6. The number of nitrogens with zero attached hydrogens (tertiary/aromatic N) is 1. The predicted octanol–water partition coefficient (Wildman–Crippen LogP) is 3.60. The van der Waals surface area contributed by atoms with E-state index in [0.29, 0.717) is 36.2 Å². The molecule has 29 heavy (non-hydrogen) atoms. The van der Waals surface area contributed by atoms with Crippen molar-refractivity contribution < 1.29 is 18.0 Å². The number of hydrogen-bond acceptors (Lipinski definition) is 5. The van der Waals surface area contributed by atoms with Gasteiger partial charge in [0.05, 0.1) is 11.0 Å². The molecule has 0 atom stereocenters. The fraction of sp³-hybridized carbons (Fsp3) is 0.391. The second-order valence-corrected chi connectivity index (χ2v) is 10.4. The lowest BCUT2D eigenvalue weighted by Gasteiger charge is -2.28. The molecule has 0 amide bonds. The van der Waals surface area contributed by atoms with E-state index >= 15 is 0 Å². The first-order valence-corrected chi connectivity index (χ1v) is 11.7. The Hall–Kier alpha value is -2.47. The second kappa shape index (κ2) is 8.91. The highest BCUT2D eigenvalue weighted by Gasteiger charge is 2.18. The molecule has 0 aromatic heterocycles. The summed E-state index contributed by atoms with van der Waals surface area (Å²) in [6.07, 6.45) is 1.48. The number of carbonyl (C=O) groups excluding carboxylic acids is 2. The molecule has 0 saturated carbocycles. The van der Waals surface area contributed by atoms with E-state index in [9.17, 15) is 18.0 Å².